The Morgan fingerprint density at radius 3 is 2.22 bits per heavy atom. The van der Waals surface area contributed by atoms with Crippen LogP contribution < -0.4 is 0 Å². The summed E-state index contributed by atoms with van der Waals surface area (Å²) in [6.45, 7) is 1.19. The summed E-state index contributed by atoms with van der Waals surface area (Å²) in [7, 11) is 0.00935. The number of carbonyl (C=O) groups is 1. The minimum absolute atomic E-state index is 0.193. The van der Waals surface area contributed by atoms with Crippen molar-refractivity contribution in [1.82, 2.24) is 13.5 Å². The molecule has 0 atom stereocenters. The van der Waals surface area contributed by atoms with Crippen LogP contribution in [0.4, 0.5) is 0 Å². The molecule has 0 aliphatic carbocycles. The largest absolute Gasteiger partial charge is 0.480 e. The van der Waals surface area contributed by atoms with E-state index in [9.17, 15) is 13.2 Å². The average Bonchev–Trinajstić information content (AvgIpc) is 2.76. The van der Waals surface area contributed by atoms with Gasteiger partial charge < -0.3 is 10.0 Å². The molecule has 0 radical (unpaired) electrons. The SMILES string of the molecule is CN(C)CCN(CC(=O)O)S(=O)(=O)N1CCCC1. The molecule has 0 spiro atoms. The molecular weight excluding hydrogens is 258 g/mol. The van der Waals surface area contributed by atoms with Crippen LogP contribution in [0.5, 0.6) is 0 Å². The summed E-state index contributed by atoms with van der Waals surface area (Å²) in [6, 6.07) is 0. The van der Waals surface area contributed by atoms with E-state index < -0.39 is 22.7 Å². The van der Waals surface area contributed by atoms with Gasteiger partial charge in [-0.1, -0.05) is 0 Å². The highest BCUT2D eigenvalue weighted by molar-refractivity contribution is 7.86. The van der Waals surface area contributed by atoms with Crippen LogP contribution in [0.1, 0.15) is 12.8 Å². The Balaban J connectivity index is 2.76. The molecule has 1 saturated heterocycles. The molecule has 1 rings (SSSR count). The molecule has 1 heterocycles. The smallest absolute Gasteiger partial charge is 0.318 e. The Bertz CT molecular complexity index is 377. The van der Waals surface area contributed by atoms with Gasteiger partial charge in [-0.3, -0.25) is 4.79 Å². The van der Waals surface area contributed by atoms with Gasteiger partial charge in [0, 0.05) is 26.2 Å². The zero-order chi connectivity index (χ0) is 13.8. The normalized spacial score (nSPS) is 17.8. The lowest BCUT2D eigenvalue weighted by atomic mass is 10.4. The molecular formula is C10H21N3O4S. The Morgan fingerprint density at radius 2 is 1.78 bits per heavy atom. The van der Waals surface area contributed by atoms with Gasteiger partial charge in [0.05, 0.1) is 0 Å². The molecule has 0 amide bonds. The summed E-state index contributed by atoms with van der Waals surface area (Å²) in [5, 5.41) is 8.82. The second-order valence-electron chi connectivity index (χ2n) is 4.64. The van der Waals surface area contributed by atoms with Gasteiger partial charge in [-0.15, -0.1) is 0 Å². The lowest BCUT2D eigenvalue weighted by Crippen LogP contribution is -2.47. The number of nitrogens with zero attached hydrogens (tertiary/aromatic N) is 3. The first-order valence-electron chi connectivity index (χ1n) is 5.96. The van der Waals surface area contributed by atoms with E-state index in [1.165, 1.54) is 4.31 Å². The zero-order valence-corrected chi connectivity index (χ0v) is 11.7. The van der Waals surface area contributed by atoms with Crippen LogP contribution in [-0.2, 0) is 15.0 Å². The van der Waals surface area contributed by atoms with E-state index in [1.54, 1.807) is 0 Å². The lowest BCUT2D eigenvalue weighted by molar-refractivity contribution is -0.137. The van der Waals surface area contributed by atoms with Crippen LogP contribution in [0.25, 0.3) is 0 Å². The molecule has 1 aliphatic rings. The summed E-state index contributed by atoms with van der Waals surface area (Å²) >= 11 is 0. The van der Waals surface area contributed by atoms with Crippen LogP contribution in [0.15, 0.2) is 0 Å². The Labute approximate surface area is 108 Å². The second kappa shape index (κ2) is 6.46. The number of carboxylic acid groups (broad SMARTS) is 1. The molecule has 1 aliphatic heterocycles. The topological polar surface area (TPSA) is 81.2 Å². The summed E-state index contributed by atoms with van der Waals surface area (Å²) in [5.41, 5.74) is 0. The number of aliphatic carboxylic acids is 1. The van der Waals surface area contributed by atoms with Gasteiger partial charge in [-0.2, -0.15) is 17.0 Å². The molecule has 0 aromatic rings. The van der Waals surface area contributed by atoms with Gasteiger partial charge in [-0.05, 0) is 26.9 Å². The molecule has 0 aromatic carbocycles. The molecule has 0 unspecified atom stereocenters. The summed E-state index contributed by atoms with van der Waals surface area (Å²) < 4.78 is 26.9. The Morgan fingerprint density at radius 1 is 1.22 bits per heavy atom. The minimum Gasteiger partial charge on any atom is -0.480 e. The third-order valence-corrected chi connectivity index (χ3v) is 4.81. The monoisotopic (exact) mass is 279 g/mol. The highest BCUT2D eigenvalue weighted by atomic mass is 32.2. The van der Waals surface area contributed by atoms with Gasteiger partial charge in [0.1, 0.15) is 6.54 Å². The summed E-state index contributed by atoms with van der Waals surface area (Å²) in [5.74, 6) is -1.13. The van der Waals surface area contributed by atoms with Crippen LogP contribution >= 0.6 is 0 Å². The maximum absolute atomic E-state index is 12.3. The van der Waals surface area contributed by atoms with Crippen molar-refractivity contribution in [2.45, 2.75) is 12.8 Å². The van der Waals surface area contributed by atoms with Crippen molar-refractivity contribution in [3.8, 4) is 0 Å². The molecule has 106 valence electrons. The standard InChI is InChI=1S/C10H21N3O4S/c1-11(2)7-8-13(9-10(14)15)18(16,17)12-5-3-4-6-12/h3-9H2,1-2H3,(H,14,15). The number of hydrogen-bond donors (Lipinski definition) is 1. The second-order valence-corrected chi connectivity index (χ2v) is 6.57. The maximum atomic E-state index is 12.3. The van der Waals surface area contributed by atoms with Crippen LogP contribution in [0.3, 0.4) is 0 Å². The molecule has 7 nitrogen and oxygen atoms in total. The molecule has 8 heteroatoms. The van der Waals surface area contributed by atoms with E-state index in [0.717, 1.165) is 17.1 Å². The summed E-state index contributed by atoms with van der Waals surface area (Å²) in [6.07, 6.45) is 1.68. The fraction of sp³-hybridized carbons (Fsp3) is 0.900. The van der Waals surface area contributed by atoms with E-state index >= 15 is 0 Å². The molecule has 1 N–H and O–H groups in total. The van der Waals surface area contributed by atoms with Gasteiger partial charge >= 0.3 is 5.97 Å². The Hall–Kier alpha value is -0.700. The summed E-state index contributed by atoms with van der Waals surface area (Å²) in [4.78, 5) is 12.6. The van der Waals surface area contributed by atoms with Crippen molar-refractivity contribution in [2.75, 3.05) is 46.8 Å². The lowest BCUT2D eigenvalue weighted by Gasteiger charge is -2.26. The number of rotatable bonds is 7. The van der Waals surface area contributed by atoms with Gasteiger partial charge in [-0.25, -0.2) is 0 Å². The van der Waals surface area contributed by atoms with Crippen molar-refractivity contribution < 1.29 is 18.3 Å². The van der Waals surface area contributed by atoms with E-state index in [-0.39, 0.29) is 6.54 Å². The van der Waals surface area contributed by atoms with Crippen molar-refractivity contribution in [1.29, 1.82) is 0 Å². The van der Waals surface area contributed by atoms with Crippen molar-refractivity contribution in [3.63, 3.8) is 0 Å². The minimum atomic E-state index is -3.63. The third-order valence-electron chi connectivity index (χ3n) is 2.83. The fourth-order valence-electron chi connectivity index (χ4n) is 1.82. The van der Waals surface area contributed by atoms with E-state index in [4.69, 9.17) is 5.11 Å². The van der Waals surface area contributed by atoms with Gasteiger partial charge in [0.25, 0.3) is 10.2 Å². The fourth-order valence-corrected chi connectivity index (χ4v) is 3.45. The van der Waals surface area contributed by atoms with Crippen LogP contribution in [0.2, 0.25) is 0 Å². The highest BCUT2D eigenvalue weighted by Gasteiger charge is 2.32. The van der Waals surface area contributed by atoms with Crippen LogP contribution in [0, 0.1) is 0 Å². The average molecular weight is 279 g/mol. The maximum Gasteiger partial charge on any atom is 0.318 e. The van der Waals surface area contributed by atoms with Crippen molar-refractivity contribution in [2.24, 2.45) is 0 Å². The first kappa shape index (κ1) is 15.4. The highest BCUT2D eigenvalue weighted by Crippen LogP contribution is 2.16. The molecule has 0 bridgehead atoms. The van der Waals surface area contributed by atoms with E-state index in [2.05, 4.69) is 0 Å². The Kier molecular flexibility index (Phi) is 5.51. The van der Waals surface area contributed by atoms with Crippen molar-refractivity contribution in [3.05, 3.63) is 0 Å². The van der Waals surface area contributed by atoms with E-state index in [1.807, 2.05) is 19.0 Å². The van der Waals surface area contributed by atoms with Gasteiger partial charge in [0.15, 0.2) is 0 Å². The van der Waals surface area contributed by atoms with Crippen LogP contribution in [-0.4, -0.2) is 79.8 Å². The first-order valence-corrected chi connectivity index (χ1v) is 7.35. The quantitative estimate of drug-likeness (QED) is 0.665. The predicted molar refractivity (Wildman–Crippen MR) is 67.5 cm³/mol. The number of likely N-dealkylation sites (N-methyl/N-ethyl adjacent to an activating group) is 1. The third kappa shape index (κ3) is 4.20. The molecule has 0 saturated carbocycles. The zero-order valence-electron chi connectivity index (χ0n) is 10.9. The predicted octanol–water partition coefficient (Wildman–Crippen LogP) is -0.725. The molecule has 1 fully saturated rings. The number of hydrogen-bond acceptors (Lipinski definition) is 4. The molecule has 18 heavy (non-hydrogen) atoms. The van der Waals surface area contributed by atoms with Gasteiger partial charge in [0.2, 0.25) is 0 Å². The van der Waals surface area contributed by atoms with E-state index in [0.29, 0.717) is 19.6 Å². The molecule has 0 aromatic heterocycles. The number of carboxylic acids is 1. The van der Waals surface area contributed by atoms with Crippen molar-refractivity contribution >= 4 is 16.2 Å². The first-order chi connectivity index (χ1) is 8.34.